The second-order valence-electron chi connectivity index (χ2n) is 5.22. The number of carbonyl (C=O) groups excluding carboxylic acids is 1. The molecule has 5 heteroatoms. The highest BCUT2D eigenvalue weighted by molar-refractivity contribution is 5.82. The molecular formula is C15H22N2O3. The lowest BCUT2D eigenvalue weighted by Crippen LogP contribution is -2.21. The normalized spacial score (nSPS) is 22.8. The number of benzene rings is 1. The minimum atomic E-state index is 0.244. The number of nitrogens with two attached hydrogens (primary N) is 1. The third-order valence-electron chi connectivity index (χ3n) is 4.04. The molecule has 1 aliphatic rings. The van der Waals surface area contributed by atoms with E-state index in [1.54, 1.807) is 20.3 Å². The summed E-state index contributed by atoms with van der Waals surface area (Å²) in [5.74, 6) is 1.64. The van der Waals surface area contributed by atoms with E-state index in [4.69, 9.17) is 15.2 Å². The van der Waals surface area contributed by atoms with Crippen molar-refractivity contribution >= 4 is 6.29 Å². The largest absolute Gasteiger partial charge is 0.492 e. The second kappa shape index (κ2) is 6.24. The highest BCUT2D eigenvalue weighted by Crippen LogP contribution is 2.43. The van der Waals surface area contributed by atoms with Crippen LogP contribution in [0.2, 0.25) is 0 Å². The molecule has 20 heavy (non-hydrogen) atoms. The van der Waals surface area contributed by atoms with Crippen LogP contribution in [0, 0.1) is 5.92 Å². The van der Waals surface area contributed by atoms with E-state index in [0.717, 1.165) is 24.8 Å². The highest BCUT2D eigenvalue weighted by atomic mass is 16.5. The molecular weight excluding hydrogens is 256 g/mol. The number of aldehydes is 1. The van der Waals surface area contributed by atoms with E-state index in [1.807, 2.05) is 6.07 Å². The number of rotatable bonds is 5. The van der Waals surface area contributed by atoms with E-state index >= 15 is 0 Å². The molecule has 1 aromatic carbocycles. The minimum Gasteiger partial charge on any atom is -0.492 e. The quantitative estimate of drug-likeness (QED) is 0.826. The summed E-state index contributed by atoms with van der Waals surface area (Å²) < 4.78 is 10.8. The van der Waals surface area contributed by atoms with Crippen LogP contribution in [0.3, 0.4) is 0 Å². The van der Waals surface area contributed by atoms with Crippen LogP contribution in [0.1, 0.15) is 28.4 Å². The summed E-state index contributed by atoms with van der Waals surface area (Å²) in [4.78, 5) is 13.4. The van der Waals surface area contributed by atoms with Crippen LogP contribution >= 0.6 is 0 Å². The number of methoxy groups -OCH3 is 2. The van der Waals surface area contributed by atoms with Gasteiger partial charge in [-0.05, 0) is 32.0 Å². The van der Waals surface area contributed by atoms with Crippen LogP contribution in [0.25, 0.3) is 0 Å². The van der Waals surface area contributed by atoms with Gasteiger partial charge in [-0.15, -0.1) is 0 Å². The van der Waals surface area contributed by atoms with Crippen molar-refractivity contribution in [1.29, 1.82) is 0 Å². The van der Waals surface area contributed by atoms with Crippen LogP contribution in [-0.4, -0.2) is 45.5 Å². The van der Waals surface area contributed by atoms with Gasteiger partial charge >= 0.3 is 0 Å². The Morgan fingerprint density at radius 3 is 2.55 bits per heavy atom. The van der Waals surface area contributed by atoms with E-state index in [2.05, 4.69) is 11.9 Å². The third kappa shape index (κ3) is 2.51. The van der Waals surface area contributed by atoms with E-state index in [1.165, 1.54) is 0 Å². The number of hydrogen-bond donors (Lipinski definition) is 1. The topological polar surface area (TPSA) is 64.8 Å². The van der Waals surface area contributed by atoms with Crippen molar-refractivity contribution in [3.05, 3.63) is 23.3 Å². The maximum Gasteiger partial charge on any atom is 0.171 e. The predicted molar refractivity (Wildman–Crippen MR) is 77.5 cm³/mol. The molecule has 0 aromatic heterocycles. The van der Waals surface area contributed by atoms with Crippen molar-refractivity contribution in [3.8, 4) is 11.5 Å². The lowest BCUT2D eigenvalue weighted by atomic mass is 9.97. The van der Waals surface area contributed by atoms with Crippen molar-refractivity contribution < 1.29 is 14.3 Å². The number of likely N-dealkylation sites (tertiary alicyclic amines) is 1. The molecule has 5 nitrogen and oxygen atoms in total. The van der Waals surface area contributed by atoms with Crippen LogP contribution in [0.4, 0.5) is 0 Å². The smallest absolute Gasteiger partial charge is 0.171 e. The first-order valence-electron chi connectivity index (χ1n) is 6.76. The zero-order valence-corrected chi connectivity index (χ0v) is 12.3. The van der Waals surface area contributed by atoms with Crippen molar-refractivity contribution in [2.75, 3.05) is 34.4 Å². The molecule has 110 valence electrons. The zero-order valence-electron chi connectivity index (χ0n) is 12.3. The maximum absolute atomic E-state index is 11.1. The van der Waals surface area contributed by atoms with Gasteiger partial charge in [0, 0.05) is 18.2 Å². The molecule has 0 bridgehead atoms. The lowest BCUT2D eigenvalue weighted by Gasteiger charge is -2.23. The molecule has 0 spiro atoms. The second-order valence-corrected chi connectivity index (χ2v) is 5.22. The van der Waals surface area contributed by atoms with E-state index in [0.29, 0.717) is 29.5 Å². The van der Waals surface area contributed by atoms with Gasteiger partial charge in [0.25, 0.3) is 0 Å². The van der Waals surface area contributed by atoms with E-state index in [9.17, 15) is 4.79 Å². The van der Waals surface area contributed by atoms with Gasteiger partial charge in [-0.2, -0.15) is 0 Å². The van der Waals surface area contributed by atoms with Crippen LogP contribution in [0.5, 0.6) is 11.5 Å². The van der Waals surface area contributed by atoms with Crippen molar-refractivity contribution in [3.63, 3.8) is 0 Å². The standard InChI is InChI=1S/C15H22N2O3/c1-17-8-10(7-16)6-13(17)12-5-4-11(9-18)14(19-2)15(12)20-3/h4-5,9-10,13H,6-8,16H2,1-3H3. The van der Waals surface area contributed by atoms with E-state index in [-0.39, 0.29) is 6.04 Å². The first kappa shape index (κ1) is 14.8. The fourth-order valence-electron chi connectivity index (χ4n) is 3.01. The van der Waals surface area contributed by atoms with Gasteiger partial charge in [0.15, 0.2) is 17.8 Å². The molecule has 1 heterocycles. The predicted octanol–water partition coefficient (Wildman–Crippen LogP) is 1.47. The summed E-state index contributed by atoms with van der Waals surface area (Å²) >= 11 is 0. The fraction of sp³-hybridized carbons (Fsp3) is 0.533. The highest BCUT2D eigenvalue weighted by Gasteiger charge is 2.32. The minimum absolute atomic E-state index is 0.244. The van der Waals surface area contributed by atoms with Crippen molar-refractivity contribution in [2.45, 2.75) is 12.5 Å². The average Bonchev–Trinajstić information content (AvgIpc) is 2.86. The Morgan fingerprint density at radius 2 is 2.05 bits per heavy atom. The van der Waals surface area contributed by atoms with Gasteiger partial charge in [-0.3, -0.25) is 9.69 Å². The molecule has 0 radical (unpaired) electrons. The molecule has 1 aliphatic heterocycles. The van der Waals surface area contributed by atoms with Crippen LogP contribution in [0.15, 0.2) is 12.1 Å². The molecule has 1 saturated heterocycles. The summed E-state index contributed by atoms with van der Waals surface area (Å²) in [5.41, 5.74) is 7.33. The van der Waals surface area contributed by atoms with Gasteiger partial charge in [0.1, 0.15) is 0 Å². The molecule has 0 aliphatic carbocycles. The molecule has 1 aromatic rings. The third-order valence-corrected chi connectivity index (χ3v) is 4.04. The fourth-order valence-corrected chi connectivity index (χ4v) is 3.01. The molecule has 2 rings (SSSR count). The molecule has 0 amide bonds. The van der Waals surface area contributed by atoms with Crippen LogP contribution < -0.4 is 15.2 Å². The maximum atomic E-state index is 11.1. The summed E-state index contributed by atoms with van der Waals surface area (Å²) in [5, 5.41) is 0. The molecule has 2 unspecified atom stereocenters. The Balaban J connectivity index is 2.44. The summed E-state index contributed by atoms with van der Waals surface area (Å²) in [6, 6.07) is 3.98. The van der Waals surface area contributed by atoms with Crippen molar-refractivity contribution in [2.24, 2.45) is 11.7 Å². The first-order chi connectivity index (χ1) is 9.65. The Hall–Kier alpha value is -1.59. The SMILES string of the molecule is COc1c(C=O)ccc(C2CC(CN)CN2C)c1OC. The molecule has 2 atom stereocenters. The summed E-state index contributed by atoms with van der Waals surface area (Å²) in [6.07, 6.45) is 1.78. The Morgan fingerprint density at radius 1 is 1.35 bits per heavy atom. The average molecular weight is 278 g/mol. The summed E-state index contributed by atoms with van der Waals surface area (Å²) in [6.45, 7) is 1.66. The molecule has 2 N–H and O–H groups in total. The van der Waals surface area contributed by atoms with Gasteiger partial charge in [0.05, 0.1) is 19.8 Å². The van der Waals surface area contributed by atoms with Gasteiger partial charge < -0.3 is 15.2 Å². The Kier molecular flexibility index (Phi) is 4.62. The number of hydrogen-bond acceptors (Lipinski definition) is 5. The first-order valence-corrected chi connectivity index (χ1v) is 6.76. The monoisotopic (exact) mass is 278 g/mol. The zero-order chi connectivity index (χ0) is 14.7. The Bertz CT molecular complexity index is 490. The van der Waals surface area contributed by atoms with Gasteiger partial charge in [-0.25, -0.2) is 0 Å². The number of ether oxygens (including phenoxy) is 2. The number of carbonyl (C=O) groups is 1. The Labute approximate surface area is 119 Å². The van der Waals surface area contributed by atoms with E-state index < -0.39 is 0 Å². The number of nitrogens with zero attached hydrogens (tertiary/aromatic N) is 1. The van der Waals surface area contributed by atoms with Gasteiger partial charge in [-0.1, -0.05) is 6.07 Å². The van der Waals surface area contributed by atoms with Crippen molar-refractivity contribution in [1.82, 2.24) is 4.90 Å². The van der Waals surface area contributed by atoms with Gasteiger partial charge in [0.2, 0.25) is 0 Å². The van der Waals surface area contributed by atoms with Crippen LogP contribution in [-0.2, 0) is 0 Å². The lowest BCUT2D eigenvalue weighted by molar-refractivity contribution is 0.112. The molecule has 0 saturated carbocycles. The molecule has 1 fully saturated rings. The summed E-state index contributed by atoms with van der Waals surface area (Å²) in [7, 11) is 5.24.